The molecule has 0 aromatic heterocycles. The summed E-state index contributed by atoms with van der Waals surface area (Å²) in [5.41, 5.74) is 2.91. The number of rotatable bonds is 3. The quantitative estimate of drug-likeness (QED) is 0.639. The zero-order valence-corrected chi connectivity index (χ0v) is 11.4. The summed E-state index contributed by atoms with van der Waals surface area (Å²) in [6, 6.07) is 8.99. The van der Waals surface area contributed by atoms with E-state index in [1.807, 2.05) is 21.7 Å². The van der Waals surface area contributed by atoms with Crippen LogP contribution in [-0.4, -0.2) is 21.7 Å². The average molecular weight is 251 g/mol. The van der Waals surface area contributed by atoms with Gasteiger partial charge in [-0.2, -0.15) is 0 Å². The van der Waals surface area contributed by atoms with Crippen LogP contribution in [0.5, 0.6) is 0 Å². The van der Waals surface area contributed by atoms with Crippen LogP contribution in [0, 0.1) is 5.92 Å². The first-order chi connectivity index (χ1) is 5.72. The Balaban J connectivity index is 0.00000144. The Bertz CT molecular complexity index is 228. The molecule has 0 nitrogen and oxygen atoms in total. The summed E-state index contributed by atoms with van der Waals surface area (Å²) in [5, 5.41) is 0. The molecule has 0 N–H and O–H groups in total. The van der Waals surface area contributed by atoms with E-state index in [9.17, 15) is 0 Å². The third-order valence-electron chi connectivity index (χ3n) is 1.96. The summed E-state index contributed by atoms with van der Waals surface area (Å²) in [5.74, 6) is 0.763. The number of halogens is 1. The van der Waals surface area contributed by atoms with Crippen molar-refractivity contribution in [3.63, 3.8) is 0 Å². The Labute approximate surface area is 104 Å². The van der Waals surface area contributed by atoms with Gasteiger partial charge in [0.15, 0.2) is 0 Å². The van der Waals surface area contributed by atoms with Gasteiger partial charge in [0.1, 0.15) is 0 Å². The number of hydrogen-bond donors (Lipinski definition) is 0. The van der Waals surface area contributed by atoms with Gasteiger partial charge in [0.2, 0.25) is 0 Å². The molecule has 0 fully saturated rings. The second-order valence-corrected chi connectivity index (χ2v) is 4.16. The SMILES string of the molecule is CC(C)Cc1ccc([CH2][Mg+])cc1.[Br-]. The van der Waals surface area contributed by atoms with E-state index in [4.69, 9.17) is 0 Å². The zero-order valence-electron chi connectivity index (χ0n) is 8.39. The Morgan fingerprint density at radius 3 is 1.92 bits per heavy atom. The second kappa shape index (κ2) is 6.85. The average Bonchev–Trinajstić information content (AvgIpc) is 2.05. The summed E-state index contributed by atoms with van der Waals surface area (Å²) in [4.78, 5) is 0. The van der Waals surface area contributed by atoms with E-state index >= 15 is 0 Å². The molecule has 0 unspecified atom stereocenters. The van der Waals surface area contributed by atoms with Gasteiger partial charge in [-0.05, 0) is 0 Å². The molecule has 1 rings (SSSR count). The third-order valence-corrected chi connectivity index (χ3v) is 2.53. The maximum Gasteiger partial charge on any atom is -1.00 e. The van der Waals surface area contributed by atoms with Crippen LogP contribution in [-0.2, 0) is 11.0 Å². The van der Waals surface area contributed by atoms with E-state index in [-0.39, 0.29) is 17.0 Å². The molecular formula is C11H15BrMg. The first-order valence-electron chi connectivity index (χ1n) is 4.59. The van der Waals surface area contributed by atoms with Gasteiger partial charge < -0.3 is 17.0 Å². The molecule has 0 aliphatic heterocycles. The maximum atomic E-state index is 2.26. The Morgan fingerprint density at radius 1 is 1.08 bits per heavy atom. The third kappa shape index (κ3) is 5.04. The smallest absolute Gasteiger partial charge is 1.00 e. The topological polar surface area (TPSA) is 0 Å². The van der Waals surface area contributed by atoms with Crippen molar-refractivity contribution in [3.8, 4) is 0 Å². The van der Waals surface area contributed by atoms with Crippen molar-refractivity contribution < 1.29 is 17.0 Å². The van der Waals surface area contributed by atoms with Crippen LogP contribution in [0.3, 0.4) is 0 Å². The van der Waals surface area contributed by atoms with Gasteiger partial charge in [-0.15, -0.1) is 0 Å². The fraction of sp³-hybridized carbons (Fsp3) is 0.455. The predicted molar refractivity (Wildman–Crippen MR) is 54.4 cm³/mol. The maximum absolute atomic E-state index is 2.26. The van der Waals surface area contributed by atoms with Crippen molar-refractivity contribution in [2.75, 3.05) is 0 Å². The number of hydrogen-bond acceptors (Lipinski definition) is 0. The minimum atomic E-state index is 0. The molecule has 0 aliphatic rings. The van der Waals surface area contributed by atoms with Crippen molar-refractivity contribution in [1.82, 2.24) is 0 Å². The van der Waals surface area contributed by atoms with E-state index in [1.165, 1.54) is 22.1 Å². The summed E-state index contributed by atoms with van der Waals surface area (Å²) in [7, 11) is 0. The van der Waals surface area contributed by atoms with Crippen molar-refractivity contribution in [1.29, 1.82) is 0 Å². The minimum absolute atomic E-state index is 0. The zero-order chi connectivity index (χ0) is 8.97. The molecule has 0 bridgehead atoms. The monoisotopic (exact) mass is 250 g/mol. The van der Waals surface area contributed by atoms with Crippen LogP contribution in [0.2, 0.25) is 0 Å². The molecule has 0 radical (unpaired) electrons. The largest absolute Gasteiger partial charge is 1.00 e. The summed E-state index contributed by atoms with van der Waals surface area (Å²) >= 11 is 2.01. The molecule has 0 spiro atoms. The van der Waals surface area contributed by atoms with Crippen LogP contribution in [0.1, 0.15) is 25.0 Å². The summed E-state index contributed by atoms with van der Waals surface area (Å²) < 4.78 is 1.17. The Kier molecular flexibility index (Phi) is 7.10. The molecule has 0 saturated heterocycles. The molecule has 2 heteroatoms. The minimum Gasteiger partial charge on any atom is -1.00 e. The fourth-order valence-corrected chi connectivity index (χ4v) is 1.65. The van der Waals surface area contributed by atoms with Gasteiger partial charge in [0, 0.05) is 0 Å². The van der Waals surface area contributed by atoms with Gasteiger partial charge in [0.05, 0.1) is 0 Å². The van der Waals surface area contributed by atoms with Crippen molar-refractivity contribution in [3.05, 3.63) is 35.4 Å². The molecule has 0 amide bonds. The van der Waals surface area contributed by atoms with Gasteiger partial charge in [-0.3, -0.25) is 0 Å². The van der Waals surface area contributed by atoms with Gasteiger partial charge >= 0.3 is 87.8 Å². The Morgan fingerprint density at radius 2 is 1.54 bits per heavy atom. The molecule has 0 aliphatic carbocycles. The van der Waals surface area contributed by atoms with Gasteiger partial charge in [0.25, 0.3) is 0 Å². The second-order valence-electron chi connectivity index (χ2n) is 3.66. The normalized spacial score (nSPS) is 9.92. The number of benzene rings is 1. The molecule has 0 saturated carbocycles. The van der Waals surface area contributed by atoms with Crippen LogP contribution < -0.4 is 17.0 Å². The molecule has 13 heavy (non-hydrogen) atoms. The molecule has 68 valence electrons. The van der Waals surface area contributed by atoms with Crippen molar-refractivity contribution >= 4 is 21.7 Å². The first-order valence-corrected chi connectivity index (χ1v) is 5.59. The van der Waals surface area contributed by atoms with Crippen LogP contribution in [0.25, 0.3) is 0 Å². The molecule has 0 atom stereocenters. The van der Waals surface area contributed by atoms with Gasteiger partial charge in [-0.25, -0.2) is 0 Å². The first kappa shape index (κ1) is 13.5. The van der Waals surface area contributed by atoms with Crippen molar-refractivity contribution in [2.24, 2.45) is 5.92 Å². The summed E-state index contributed by atoms with van der Waals surface area (Å²) in [6.45, 7) is 4.52. The van der Waals surface area contributed by atoms with E-state index < -0.39 is 0 Å². The predicted octanol–water partition coefficient (Wildman–Crippen LogP) is -0.442. The van der Waals surface area contributed by atoms with Crippen LogP contribution in [0.4, 0.5) is 0 Å². The molecule has 0 heterocycles. The van der Waals surface area contributed by atoms with Crippen molar-refractivity contribution in [2.45, 2.75) is 24.8 Å². The van der Waals surface area contributed by atoms with Crippen LogP contribution >= 0.6 is 0 Å². The van der Waals surface area contributed by atoms with Crippen LogP contribution in [0.15, 0.2) is 24.3 Å². The summed E-state index contributed by atoms with van der Waals surface area (Å²) in [6.07, 6.45) is 1.20. The van der Waals surface area contributed by atoms with E-state index in [0.29, 0.717) is 0 Å². The molecule has 1 aromatic rings. The standard InChI is InChI=1S/C11H15.BrH.Mg/c1-9(2)8-11-6-4-10(3)5-7-11;;/h4-7,9H,3,8H2,1-2H3;1H;/q;;+1/p-1. The Hall–Kier alpha value is 0.466. The van der Waals surface area contributed by atoms with Gasteiger partial charge in [-0.1, -0.05) is 0 Å². The molecular weight excluding hydrogens is 236 g/mol. The van der Waals surface area contributed by atoms with E-state index in [1.54, 1.807) is 0 Å². The molecule has 1 aromatic carbocycles. The fourth-order valence-electron chi connectivity index (χ4n) is 1.31. The van der Waals surface area contributed by atoms with E-state index in [2.05, 4.69) is 38.1 Å². The van der Waals surface area contributed by atoms with E-state index in [0.717, 1.165) is 5.92 Å².